The van der Waals surface area contributed by atoms with E-state index in [0.717, 1.165) is 9.78 Å². The fraction of sp³-hybridized carbons (Fsp3) is 0.400. The van der Waals surface area contributed by atoms with Crippen molar-refractivity contribution in [3.05, 3.63) is 23.3 Å². The highest BCUT2D eigenvalue weighted by Crippen LogP contribution is 2.22. The zero-order valence-corrected chi connectivity index (χ0v) is 14.3. The number of hydrogen-bond acceptors (Lipinski definition) is 7. The predicted octanol–water partition coefficient (Wildman–Crippen LogP) is 1.13. The van der Waals surface area contributed by atoms with Gasteiger partial charge in [-0.25, -0.2) is 4.79 Å². The molecule has 1 fully saturated rings. The maximum absolute atomic E-state index is 12.1. The van der Waals surface area contributed by atoms with Gasteiger partial charge in [-0.05, 0) is 17.9 Å². The highest BCUT2D eigenvalue weighted by molar-refractivity contribution is 7.13. The van der Waals surface area contributed by atoms with Crippen molar-refractivity contribution in [1.29, 1.82) is 0 Å². The van der Waals surface area contributed by atoms with Gasteiger partial charge in [0.1, 0.15) is 6.04 Å². The van der Waals surface area contributed by atoms with E-state index >= 15 is 0 Å². The summed E-state index contributed by atoms with van der Waals surface area (Å²) in [5, 5.41) is 10.8. The van der Waals surface area contributed by atoms with Crippen molar-refractivity contribution in [3.8, 4) is 10.8 Å². The zero-order valence-electron chi connectivity index (χ0n) is 13.5. The highest BCUT2D eigenvalue weighted by Gasteiger charge is 2.38. The summed E-state index contributed by atoms with van der Waals surface area (Å²) >= 11 is 1.47. The van der Waals surface area contributed by atoms with E-state index in [1.165, 1.54) is 11.3 Å². The van der Waals surface area contributed by atoms with Crippen LogP contribution < -0.4 is 10.6 Å². The van der Waals surface area contributed by atoms with Crippen molar-refractivity contribution in [1.82, 2.24) is 25.7 Å². The number of hydrogen-bond donors (Lipinski definition) is 2. The number of rotatable bonds is 7. The van der Waals surface area contributed by atoms with Gasteiger partial charge in [0.25, 0.3) is 11.8 Å². The van der Waals surface area contributed by atoms with Crippen molar-refractivity contribution >= 4 is 29.2 Å². The van der Waals surface area contributed by atoms with Crippen molar-refractivity contribution in [3.63, 3.8) is 0 Å². The number of amides is 4. The van der Waals surface area contributed by atoms with Gasteiger partial charge in [-0.1, -0.05) is 18.1 Å². The Hall–Kier alpha value is -2.75. The van der Waals surface area contributed by atoms with Crippen LogP contribution in [-0.2, 0) is 16.1 Å². The maximum atomic E-state index is 12.1. The molecule has 0 bridgehead atoms. The van der Waals surface area contributed by atoms with E-state index in [9.17, 15) is 14.4 Å². The molecule has 3 heterocycles. The molecule has 0 aliphatic carbocycles. The lowest BCUT2D eigenvalue weighted by Crippen LogP contribution is -2.36. The van der Waals surface area contributed by atoms with Gasteiger partial charge >= 0.3 is 6.03 Å². The molecule has 2 aromatic heterocycles. The van der Waals surface area contributed by atoms with E-state index in [-0.39, 0.29) is 24.8 Å². The van der Waals surface area contributed by atoms with Gasteiger partial charge in [0.05, 0.1) is 17.8 Å². The smallest absolute Gasteiger partial charge is 0.324 e. The number of imide groups is 1. The van der Waals surface area contributed by atoms with Crippen molar-refractivity contribution < 1.29 is 18.9 Å². The molecular formula is C15H17N5O4S. The number of aromatic nitrogens is 2. The molecule has 0 spiro atoms. The minimum atomic E-state index is -0.828. The second-order valence-corrected chi connectivity index (χ2v) is 6.41. The lowest BCUT2D eigenvalue weighted by Gasteiger charge is -2.11. The molecule has 3 rings (SSSR count). The molecule has 0 saturated carbocycles. The van der Waals surface area contributed by atoms with Crippen LogP contribution >= 0.6 is 11.3 Å². The molecule has 2 aromatic rings. The number of thiophene rings is 1. The van der Waals surface area contributed by atoms with Crippen molar-refractivity contribution in [2.45, 2.75) is 32.4 Å². The Balaban J connectivity index is 1.50. The summed E-state index contributed by atoms with van der Waals surface area (Å²) in [6, 6.07) is 2.45. The largest absolute Gasteiger partial charge is 0.349 e. The molecule has 2 N–H and O–H groups in total. The Morgan fingerprint density at radius 2 is 2.32 bits per heavy atom. The number of carbonyl (C=O) groups is 3. The fourth-order valence-corrected chi connectivity index (χ4v) is 3.06. The number of urea groups is 1. The molecule has 4 amide bonds. The van der Waals surface area contributed by atoms with Crippen LogP contribution in [0.5, 0.6) is 0 Å². The Morgan fingerprint density at radius 3 is 3.04 bits per heavy atom. The molecule has 132 valence electrons. The molecule has 0 unspecified atom stereocenters. The van der Waals surface area contributed by atoms with Gasteiger partial charge < -0.3 is 15.2 Å². The van der Waals surface area contributed by atoms with Gasteiger partial charge in [-0.15, -0.1) is 11.3 Å². The maximum Gasteiger partial charge on any atom is 0.324 e. The quantitative estimate of drug-likeness (QED) is 0.712. The average molecular weight is 363 g/mol. The van der Waals surface area contributed by atoms with Crippen LogP contribution in [0.15, 0.2) is 22.0 Å². The van der Waals surface area contributed by atoms with Crippen LogP contribution in [0.2, 0.25) is 0 Å². The Bertz CT molecular complexity index is 773. The van der Waals surface area contributed by atoms with E-state index in [1.807, 2.05) is 24.4 Å². The van der Waals surface area contributed by atoms with Crippen LogP contribution in [0.1, 0.15) is 25.6 Å². The fourth-order valence-electron chi connectivity index (χ4n) is 2.41. The molecular weight excluding hydrogens is 346 g/mol. The molecule has 10 heteroatoms. The van der Waals surface area contributed by atoms with Gasteiger partial charge in [-0.2, -0.15) is 4.98 Å². The molecule has 0 aromatic carbocycles. The van der Waals surface area contributed by atoms with E-state index in [2.05, 4.69) is 20.8 Å². The predicted molar refractivity (Wildman–Crippen MR) is 88.4 cm³/mol. The van der Waals surface area contributed by atoms with Gasteiger partial charge in [0, 0.05) is 6.54 Å². The van der Waals surface area contributed by atoms with Crippen LogP contribution in [0.3, 0.4) is 0 Å². The third-order valence-electron chi connectivity index (χ3n) is 3.59. The van der Waals surface area contributed by atoms with Crippen molar-refractivity contribution in [2.75, 3.05) is 6.54 Å². The van der Waals surface area contributed by atoms with Crippen LogP contribution in [-0.4, -0.2) is 45.5 Å². The third kappa shape index (κ3) is 3.85. The molecule has 1 aliphatic rings. The first-order valence-electron chi connectivity index (χ1n) is 7.83. The standard InChI is InChI=1S/C15H17N5O4S/c1-2-5-20-14(22)9(17-15(20)23)7-12(21)16-8-11-18-13(24-19-11)10-4-3-6-25-10/h3-4,6,9H,2,5,7-8H2,1H3,(H,16,21)(H,17,23)/t9-/m1/s1. The number of nitrogens with one attached hydrogen (secondary N) is 2. The molecule has 1 aliphatic heterocycles. The number of nitrogens with zero attached hydrogens (tertiary/aromatic N) is 3. The first kappa shape index (κ1) is 17.1. The van der Waals surface area contributed by atoms with E-state index in [4.69, 9.17) is 4.52 Å². The van der Waals surface area contributed by atoms with Crippen LogP contribution in [0, 0.1) is 0 Å². The first-order chi connectivity index (χ1) is 12.1. The minimum absolute atomic E-state index is 0.0846. The van der Waals surface area contributed by atoms with E-state index < -0.39 is 12.1 Å². The average Bonchev–Trinajstić information content (AvgIpc) is 3.31. The molecule has 1 saturated heterocycles. The molecule has 25 heavy (non-hydrogen) atoms. The SMILES string of the molecule is CCCN1C(=O)N[C@H](CC(=O)NCc2noc(-c3cccs3)n2)C1=O. The summed E-state index contributed by atoms with van der Waals surface area (Å²) in [6.45, 7) is 2.30. The third-order valence-corrected chi connectivity index (χ3v) is 4.45. The Kier molecular flexibility index (Phi) is 5.08. The van der Waals surface area contributed by atoms with Gasteiger partial charge in [0.2, 0.25) is 5.91 Å². The van der Waals surface area contributed by atoms with E-state index in [1.54, 1.807) is 0 Å². The summed E-state index contributed by atoms with van der Waals surface area (Å²) in [6.07, 6.45) is 0.545. The second-order valence-electron chi connectivity index (χ2n) is 5.47. The normalized spacial score (nSPS) is 17.0. The molecule has 0 radical (unpaired) electrons. The Labute approximate surface area is 147 Å². The highest BCUT2D eigenvalue weighted by atomic mass is 32.1. The summed E-state index contributed by atoms with van der Waals surface area (Å²) in [5.41, 5.74) is 0. The summed E-state index contributed by atoms with van der Waals surface area (Å²) in [7, 11) is 0. The zero-order chi connectivity index (χ0) is 17.8. The summed E-state index contributed by atoms with van der Waals surface area (Å²) in [5.74, 6) is -0.0140. The summed E-state index contributed by atoms with van der Waals surface area (Å²) in [4.78, 5) is 41.9. The van der Waals surface area contributed by atoms with E-state index in [0.29, 0.717) is 24.7 Å². The first-order valence-corrected chi connectivity index (χ1v) is 8.71. The lowest BCUT2D eigenvalue weighted by atomic mass is 10.2. The Morgan fingerprint density at radius 1 is 1.48 bits per heavy atom. The van der Waals surface area contributed by atoms with Crippen molar-refractivity contribution in [2.24, 2.45) is 0 Å². The topological polar surface area (TPSA) is 117 Å². The number of carbonyl (C=O) groups excluding carboxylic acids is 3. The molecule has 9 nitrogen and oxygen atoms in total. The van der Waals surface area contributed by atoms with Gasteiger partial charge in [0.15, 0.2) is 5.82 Å². The monoisotopic (exact) mass is 363 g/mol. The summed E-state index contributed by atoms with van der Waals surface area (Å²) < 4.78 is 5.13. The van der Waals surface area contributed by atoms with Gasteiger partial charge in [-0.3, -0.25) is 14.5 Å². The second kappa shape index (κ2) is 7.43. The lowest BCUT2D eigenvalue weighted by molar-refractivity contribution is -0.130. The van der Waals surface area contributed by atoms with Crippen LogP contribution in [0.25, 0.3) is 10.8 Å². The molecule has 1 atom stereocenters. The van der Waals surface area contributed by atoms with Crippen LogP contribution in [0.4, 0.5) is 4.79 Å². The minimum Gasteiger partial charge on any atom is -0.349 e.